The summed E-state index contributed by atoms with van der Waals surface area (Å²) in [6, 6.07) is 3.58. The van der Waals surface area contributed by atoms with Crippen molar-refractivity contribution in [2.24, 2.45) is 0 Å². The van der Waals surface area contributed by atoms with Crippen LogP contribution in [0.1, 0.15) is 45.0 Å². The van der Waals surface area contributed by atoms with Gasteiger partial charge in [0, 0.05) is 24.7 Å². The van der Waals surface area contributed by atoms with Crippen LogP contribution in [-0.4, -0.2) is 61.1 Å². The second-order valence-corrected chi connectivity index (χ2v) is 9.69. The van der Waals surface area contributed by atoms with Crippen molar-refractivity contribution in [1.82, 2.24) is 14.6 Å². The summed E-state index contributed by atoms with van der Waals surface area (Å²) >= 11 is 0. The molecule has 1 aromatic rings. The van der Waals surface area contributed by atoms with E-state index in [1.54, 1.807) is 39.0 Å². The lowest BCUT2D eigenvalue weighted by Crippen LogP contribution is -2.58. The number of amides is 1. The molecule has 7 nitrogen and oxygen atoms in total. The minimum Gasteiger partial charge on any atom is -0.447 e. The molecule has 2 unspecified atom stereocenters. The van der Waals surface area contributed by atoms with Crippen molar-refractivity contribution in [2.45, 2.75) is 64.4 Å². The first-order valence-electron chi connectivity index (χ1n) is 9.93. The van der Waals surface area contributed by atoms with E-state index in [1.807, 2.05) is 0 Å². The SMILES string of the molecule is C=C(C)c1cccc(CC2C(NS(=O)(=O)CC(F)(F)F)CCCN2C(=O)OC(C)C)n1. The van der Waals surface area contributed by atoms with E-state index in [0.29, 0.717) is 24.4 Å². The summed E-state index contributed by atoms with van der Waals surface area (Å²) in [5.74, 6) is -1.98. The molecule has 0 bridgehead atoms. The smallest absolute Gasteiger partial charge is 0.410 e. The summed E-state index contributed by atoms with van der Waals surface area (Å²) in [5, 5.41) is 0. The molecule has 1 saturated heterocycles. The fourth-order valence-corrected chi connectivity index (χ4v) is 4.73. The molecular weight excluding hydrogens is 435 g/mol. The number of likely N-dealkylation sites (tertiary alicyclic amines) is 1. The molecule has 1 aliphatic heterocycles. The molecule has 1 fully saturated rings. The average Bonchev–Trinajstić information content (AvgIpc) is 2.60. The molecule has 0 radical (unpaired) electrons. The Kier molecular flexibility index (Phi) is 8.09. The van der Waals surface area contributed by atoms with Gasteiger partial charge in [-0.2, -0.15) is 13.2 Å². The summed E-state index contributed by atoms with van der Waals surface area (Å²) in [6.07, 6.45) is -5.07. The normalized spacial score (nSPS) is 20.0. The number of nitrogens with one attached hydrogen (secondary N) is 1. The monoisotopic (exact) mass is 463 g/mol. The van der Waals surface area contributed by atoms with Crippen molar-refractivity contribution in [3.8, 4) is 0 Å². The third-order valence-electron chi connectivity index (χ3n) is 4.70. The first kappa shape index (κ1) is 25.1. The van der Waals surface area contributed by atoms with Crippen LogP contribution < -0.4 is 4.72 Å². The second kappa shape index (κ2) is 9.99. The first-order valence-corrected chi connectivity index (χ1v) is 11.6. The number of ether oxygens (including phenoxy) is 1. The van der Waals surface area contributed by atoms with Gasteiger partial charge in [-0.25, -0.2) is 17.9 Å². The zero-order chi connectivity index (χ0) is 23.4. The van der Waals surface area contributed by atoms with Crippen molar-refractivity contribution in [3.63, 3.8) is 0 Å². The number of allylic oxidation sites excluding steroid dienone is 1. The number of alkyl halides is 3. The van der Waals surface area contributed by atoms with Gasteiger partial charge in [0.2, 0.25) is 10.0 Å². The molecule has 1 amide bonds. The zero-order valence-electron chi connectivity index (χ0n) is 17.8. The third kappa shape index (κ3) is 7.80. The third-order valence-corrected chi connectivity index (χ3v) is 6.07. The van der Waals surface area contributed by atoms with E-state index in [0.717, 1.165) is 5.57 Å². The number of hydrogen-bond donors (Lipinski definition) is 1. The highest BCUT2D eigenvalue weighted by atomic mass is 32.2. The van der Waals surface area contributed by atoms with E-state index in [2.05, 4.69) is 16.3 Å². The summed E-state index contributed by atoms with van der Waals surface area (Å²) in [4.78, 5) is 18.5. The maximum Gasteiger partial charge on any atom is 0.410 e. The van der Waals surface area contributed by atoms with E-state index in [4.69, 9.17) is 4.74 Å². The van der Waals surface area contributed by atoms with Gasteiger partial charge in [-0.3, -0.25) is 4.98 Å². The number of sulfonamides is 1. The Hall–Kier alpha value is -2.14. The summed E-state index contributed by atoms with van der Waals surface area (Å²) < 4.78 is 69.8. The molecule has 0 saturated carbocycles. The summed E-state index contributed by atoms with van der Waals surface area (Å²) in [7, 11) is -4.65. The van der Waals surface area contributed by atoms with Crippen molar-refractivity contribution >= 4 is 21.7 Å². The highest BCUT2D eigenvalue weighted by molar-refractivity contribution is 7.89. The van der Waals surface area contributed by atoms with Gasteiger partial charge >= 0.3 is 12.3 Å². The summed E-state index contributed by atoms with van der Waals surface area (Å²) in [5.41, 5.74) is 1.93. The van der Waals surface area contributed by atoms with Gasteiger partial charge in [0.15, 0.2) is 5.75 Å². The molecule has 0 aliphatic carbocycles. The molecule has 174 valence electrons. The molecule has 11 heteroatoms. The van der Waals surface area contributed by atoms with Gasteiger partial charge in [0.1, 0.15) is 0 Å². The predicted octanol–water partition coefficient (Wildman–Crippen LogP) is 3.52. The Morgan fingerprint density at radius 1 is 1.39 bits per heavy atom. The molecule has 1 aliphatic rings. The standard InChI is InChI=1S/C20H28F3N3O4S/c1-13(2)16-8-5-7-15(24-16)11-18-17(25-31(28,29)12-20(21,22)23)9-6-10-26(18)19(27)30-14(3)4/h5,7-8,14,17-18,25H,1,6,9-12H2,2-4H3. The summed E-state index contributed by atoms with van der Waals surface area (Å²) in [6.45, 7) is 9.28. The Morgan fingerprint density at radius 2 is 2.06 bits per heavy atom. The van der Waals surface area contributed by atoms with E-state index in [9.17, 15) is 26.4 Å². The van der Waals surface area contributed by atoms with Crippen molar-refractivity contribution in [2.75, 3.05) is 12.3 Å². The maximum atomic E-state index is 12.7. The molecule has 0 spiro atoms. The first-order chi connectivity index (χ1) is 14.3. The van der Waals surface area contributed by atoms with Gasteiger partial charge in [-0.1, -0.05) is 12.6 Å². The van der Waals surface area contributed by atoms with E-state index in [-0.39, 0.29) is 12.8 Å². The molecule has 0 aromatic carbocycles. The fourth-order valence-electron chi connectivity index (χ4n) is 3.48. The Morgan fingerprint density at radius 3 is 2.65 bits per heavy atom. The number of halogens is 3. The van der Waals surface area contributed by atoms with E-state index in [1.165, 1.54) is 4.90 Å². The molecule has 31 heavy (non-hydrogen) atoms. The van der Waals surface area contributed by atoms with Gasteiger partial charge in [0.05, 0.1) is 17.8 Å². The Balaban J connectivity index is 2.34. The van der Waals surface area contributed by atoms with Crippen molar-refractivity contribution in [3.05, 3.63) is 36.2 Å². The van der Waals surface area contributed by atoms with Gasteiger partial charge < -0.3 is 9.64 Å². The molecule has 1 aromatic heterocycles. The number of hydrogen-bond acceptors (Lipinski definition) is 5. The van der Waals surface area contributed by atoms with E-state index < -0.39 is 46.2 Å². The van der Waals surface area contributed by atoms with Crippen LogP contribution in [0.25, 0.3) is 5.57 Å². The number of aromatic nitrogens is 1. The largest absolute Gasteiger partial charge is 0.447 e. The highest BCUT2D eigenvalue weighted by Crippen LogP contribution is 2.25. The average molecular weight is 464 g/mol. The van der Waals surface area contributed by atoms with Crippen LogP contribution in [0.5, 0.6) is 0 Å². The van der Waals surface area contributed by atoms with Crippen LogP contribution in [0.4, 0.5) is 18.0 Å². The van der Waals surface area contributed by atoms with Crippen LogP contribution in [0.2, 0.25) is 0 Å². The predicted molar refractivity (Wildman–Crippen MR) is 111 cm³/mol. The Labute approximate surface area is 180 Å². The lowest BCUT2D eigenvalue weighted by molar-refractivity contribution is -0.106. The maximum absolute atomic E-state index is 12.7. The zero-order valence-corrected chi connectivity index (χ0v) is 18.6. The van der Waals surface area contributed by atoms with Crippen LogP contribution in [0, 0.1) is 0 Å². The molecular formula is C20H28F3N3O4S. The molecule has 2 atom stereocenters. The minimum atomic E-state index is -4.87. The lowest BCUT2D eigenvalue weighted by atomic mass is 9.93. The van der Waals surface area contributed by atoms with E-state index >= 15 is 0 Å². The lowest BCUT2D eigenvalue weighted by Gasteiger charge is -2.41. The number of piperidine rings is 1. The van der Waals surface area contributed by atoms with Crippen LogP contribution in [0.15, 0.2) is 24.8 Å². The number of pyridine rings is 1. The van der Waals surface area contributed by atoms with Crippen LogP contribution >= 0.6 is 0 Å². The van der Waals surface area contributed by atoms with Crippen molar-refractivity contribution in [1.29, 1.82) is 0 Å². The van der Waals surface area contributed by atoms with Gasteiger partial charge in [-0.15, -0.1) is 0 Å². The number of carbonyl (C=O) groups is 1. The number of rotatable bonds is 7. The van der Waals surface area contributed by atoms with Crippen LogP contribution in [-0.2, 0) is 21.2 Å². The fraction of sp³-hybridized carbons (Fsp3) is 0.600. The molecule has 2 heterocycles. The van der Waals surface area contributed by atoms with Gasteiger partial charge in [-0.05, 0) is 51.3 Å². The molecule has 1 N–H and O–H groups in total. The van der Waals surface area contributed by atoms with Gasteiger partial charge in [0.25, 0.3) is 0 Å². The highest BCUT2D eigenvalue weighted by Gasteiger charge is 2.41. The number of carbonyl (C=O) groups excluding carboxylic acids is 1. The molecule has 2 rings (SSSR count). The quantitative estimate of drug-likeness (QED) is 0.669. The van der Waals surface area contributed by atoms with Crippen LogP contribution in [0.3, 0.4) is 0 Å². The Bertz CT molecular complexity index is 903. The topological polar surface area (TPSA) is 88.6 Å². The minimum absolute atomic E-state index is 0.146. The number of nitrogens with zero attached hydrogens (tertiary/aromatic N) is 2. The second-order valence-electron chi connectivity index (χ2n) is 7.93. The van der Waals surface area contributed by atoms with Crippen molar-refractivity contribution < 1.29 is 31.1 Å².